The first kappa shape index (κ1) is 13.1. The van der Waals surface area contributed by atoms with Crippen molar-refractivity contribution in [1.29, 1.82) is 0 Å². The number of anilines is 2. The Hall–Kier alpha value is -1.92. The minimum Gasteiger partial charge on any atom is -0.378 e. The van der Waals surface area contributed by atoms with Crippen LogP contribution in [-0.2, 0) is 0 Å². The molecular weight excluding hydrogens is 288 g/mol. The zero-order valence-corrected chi connectivity index (χ0v) is 12.8. The molecule has 0 aliphatic carbocycles. The Labute approximate surface area is 125 Å². The van der Waals surface area contributed by atoms with Gasteiger partial charge in [0.2, 0.25) is 0 Å². The van der Waals surface area contributed by atoms with Crippen molar-refractivity contribution in [3.8, 4) is 21.1 Å². The molecule has 0 radical (unpaired) electrons. The molecule has 0 spiro atoms. The maximum Gasteiger partial charge on any atom is 0.180 e. The zero-order valence-electron chi connectivity index (χ0n) is 11.2. The maximum absolute atomic E-state index is 5.67. The molecule has 4 nitrogen and oxygen atoms in total. The van der Waals surface area contributed by atoms with Crippen LogP contribution in [0.3, 0.4) is 0 Å². The number of nitrogen functional groups attached to an aromatic ring is 1. The van der Waals surface area contributed by atoms with E-state index in [1.807, 2.05) is 25.7 Å². The lowest BCUT2D eigenvalue weighted by Crippen LogP contribution is -2.07. The molecule has 2 heterocycles. The van der Waals surface area contributed by atoms with Gasteiger partial charge >= 0.3 is 0 Å². The highest BCUT2D eigenvalue weighted by atomic mass is 32.1. The third kappa shape index (κ3) is 2.52. The highest BCUT2D eigenvalue weighted by Crippen LogP contribution is 2.33. The van der Waals surface area contributed by atoms with Crippen molar-refractivity contribution < 1.29 is 0 Å². The number of aromatic nitrogens is 2. The normalized spacial score (nSPS) is 10.7. The van der Waals surface area contributed by atoms with Crippen LogP contribution in [0.1, 0.15) is 0 Å². The fourth-order valence-electron chi connectivity index (χ4n) is 1.83. The molecule has 0 aliphatic rings. The molecule has 0 bridgehead atoms. The molecule has 0 amide bonds. The van der Waals surface area contributed by atoms with Crippen molar-refractivity contribution in [2.75, 3.05) is 24.7 Å². The summed E-state index contributed by atoms with van der Waals surface area (Å²) in [6.07, 6.45) is 1.86. The van der Waals surface area contributed by atoms with Crippen molar-refractivity contribution in [3.63, 3.8) is 0 Å². The van der Waals surface area contributed by atoms with Gasteiger partial charge in [-0.05, 0) is 24.3 Å². The largest absolute Gasteiger partial charge is 0.378 e. The summed E-state index contributed by atoms with van der Waals surface area (Å²) in [4.78, 5) is 11.9. The molecule has 1 aromatic carbocycles. The molecular formula is C14H14N4S2. The summed E-state index contributed by atoms with van der Waals surface area (Å²) in [5, 5.41) is 3.55. The number of benzene rings is 1. The highest BCUT2D eigenvalue weighted by molar-refractivity contribution is 7.19. The number of hydrogen-bond donors (Lipinski definition) is 1. The molecule has 0 unspecified atom stereocenters. The number of hydrogen-bond acceptors (Lipinski definition) is 6. The van der Waals surface area contributed by atoms with E-state index in [4.69, 9.17) is 5.73 Å². The summed E-state index contributed by atoms with van der Waals surface area (Å²) in [5.41, 5.74) is 8.87. The van der Waals surface area contributed by atoms with Crippen LogP contribution in [-0.4, -0.2) is 24.1 Å². The fourth-order valence-corrected chi connectivity index (χ4v) is 3.35. The van der Waals surface area contributed by atoms with E-state index in [0.717, 1.165) is 21.1 Å². The summed E-state index contributed by atoms with van der Waals surface area (Å²) >= 11 is 3.08. The summed E-state index contributed by atoms with van der Waals surface area (Å²) in [7, 11) is 4.06. The van der Waals surface area contributed by atoms with Gasteiger partial charge in [-0.2, -0.15) is 0 Å². The van der Waals surface area contributed by atoms with Crippen molar-refractivity contribution >= 4 is 33.5 Å². The lowest BCUT2D eigenvalue weighted by Gasteiger charge is -2.11. The number of nitrogens with zero attached hydrogens (tertiary/aromatic N) is 3. The van der Waals surface area contributed by atoms with E-state index in [1.54, 1.807) is 11.3 Å². The minimum absolute atomic E-state index is 0.588. The maximum atomic E-state index is 5.67. The summed E-state index contributed by atoms with van der Waals surface area (Å²) < 4.78 is 0. The van der Waals surface area contributed by atoms with Gasteiger partial charge in [0.15, 0.2) is 5.13 Å². The van der Waals surface area contributed by atoms with E-state index < -0.39 is 0 Å². The van der Waals surface area contributed by atoms with Gasteiger partial charge in [-0.3, -0.25) is 0 Å². The average molecular weight is 302 g/mol. The van der Waals surface area contributed by atoms with E-state index >= 15 is 0 Å². The Morgan fingerprint density at radius 1 is 1.15 bits per heavy atom. The van der Waals surface area contributed by atoms with E-state index in [0.29, 0.717) is 5.13 Å². The second kappa shape index (κ2) is 5.22. The Kier molecular flexibility index (Phi) is 3.42. The topological polar surface area (TPSA) is 55.0 Å². The molecule has 2 aromatic heterocycles. The third-order valence-electron chi connectivity index (χ3n) is 2.91. The molecule has 3 rings (SSSR count). The van der Waals surface area contributed by atoms with Gasteiger partial charge in [0, 0.05) is 36.9 Å². The molecule has 20 heavy (non-hydrogen) atoms. The van der Waals surface area contributed by atoms with E-state index in [2.05, 4.69) is 39.1 Å². The molecule has 3 aromatic rings. The molecule has 0 saturated heterocycles. The van der Waals surface area contributed by atoms with Crippen molar-refractivity contribution in [2.45, 2.75) is 0 Å². The number of nitrogens with two attached hydrogens (primary N) is 1. The minimum atomic E-state index is 0.588. The lowest BCUT2D eigenvalue weighted by atomic mass is 10.2. The van der Waals surface area contributed by atoms with Crippen LogP contribution in [0.25, 0.3) is 21.1 Å². The summed E-state index contributed by atoms with van der Waals surface area (Å²) in [6, 6.07) is 8.37. The van der Waals surface area contributed by atoms with Crippen LogP contribution in [0.5, 0.6) is 0 Å². The Balaban J connectivity index is 1.90. The SMILES string of the molecule is CN(C)c1ccc(-c2ncc(-c3csc(N)n3)s2)cc1. The Bertz CT molecular complexity index is 713. The molecule has 0 fully saturated rings. The van der Waals surface area contributed by atoms with Crippen LogP contribution in [0.4, 0.5) is 10.8 Å². The van der Waals surface area contributed by atoms with E-state index in [-0.39, 0.29) is 0 Å². The average Bonchev–Trinajstić information content (AvgIpc) is 3.07. The second-order valence-corrected chi connectivity index (χ2v) is 6.46. The van der Waals surface area contributed by atoms with Gasteiger partial charge in [0.1, 0.15) is 5.01 Å². The van der Waals surface area contributed by atoms with Gasteiger partial charge in [-0.15, -0.1) is 22.7 Å². The predicted octanol–water partition coefficient (Wildman–Crippen LogP) is 3.58. The van der Waals surface area contributed by atoms with Crippen molar-refractivity contribution in [3.05, 3.63) is 35.8 Å². The van der Waals surface area contributed by atoms with Crippen molar-refractivity contribution in [2.24, 2.45) is 0 Å². The molecule has 6 heteroatoms. The van der Waals surface area contributed by atoms with Crippen LogP contribution < -0.4 is 10.6 Å². The smallest absolute Gasteiger partial charge is 0.180 e. The standard InChI is InChI=1S/C14H14N4S2/c1-18(2)10-5-3-9(4-6-10)13-16-7-12(20-13)11-8-19-14(15)17-11/h3-8H,1-2H3,(H2,15,17). The van der Waals surface area contributed by atoms with Gasteiger partial charge < -0.3 is 10.6 Å². The van der Waals surface area contributed by atoms with Gasteiger partial charge in [0.05, 0.1) is 10.6 Å². The lowest BCUT2D eigenvalue weighted by molar-refractivity contribution is 1.13. The van der Waals surface area contributed by atoms with Gasteiger partial charge in [0.25, 0.3) is 0 Å². The third-order valence-corrected chi connectivity index (χ3v) is 4.65. The van der Waals surface area contributed by atoms with Gasteiger partial charge in [-0.1, -0.05) is 0 Å². The Morgan fingerprint density at radius 3 is 2.50 bits per heavy atom. The van der Waals surface area contributed by atoms with E-state index in [1.165, 1.54) is 17.0 Å². The summed E-state index contributed by atoms with van der Waals surface area (Å²) in [5.74, 6) is 0. The fraction of sp³-hybridized carbons (Fsp3) is 0.143. The Morgan fingerprint density at radius 2 is 1.90 bits per heavy atom. The first-order chi connectivity index (χ1) is 9.63. The number of rotatable bonds is 3. The van der Waals surface area contributed by atoms with Crippen LogP contribution >= 0.6 is 22.7 Å². The second-order valence-electron chi connectivity index (χ2n) is 4.54. The van der Waals surface area contributed by atoms with Crippen LogP contribution in [0.15, 0.2) is 35.8 Å². The first-order valence-electron chi connectivity index (χ1n) is 6.08. The van der Waals surface area contributed by atoms with Gasteiger partial charge in [-0.25, -0.2) is 9.97 Å². The molecule has 0 saturated carbocycles. The first-order valence-corrected chi connectivity index (χ1v) is 7.78. The van der Waals surface area contributed by atoms with E-state index in [9.17, 15) is 0 Å². The molecule has 0 atom stereocenters. The molecule has 102 valence electrons. The molecule has 0 aliphatic heterocycles. The zero-order chi connectivity index (χ0) is 14.1. The predicted molar refractivity (Wildman–Crippen MR) is 87.4 cm³/mol. The van der Waals surface area contributed by atoms with Crippen LogP contribution in [0, 0.1) is 0 Å². The quantitative estimate of drug-likeness (QED) is 0.803. The van der Waals surface area contributed by atoms with Crippen molar-refractivity contribution in [1.82, 2.24) is 9.97 Å². The highest BCUT2D eigenvalue weighted by Gasteiger charge is 2.09. The monoisotopic (exact) mass is 302 g/mol. The van der Waals surface area contributed by atoms with Crippen LogP contribution in [0.2, 0.25) is 0 Å². The molecule has 2 N–H and O–H groups in total. The number of thiazole rings is 2. The summed E-state index contributed by atoms with van der Waals surface area (Å²) in [6.45, 7) is 0.